The molecule has 1 aromatic heterocycles. The predicted octanol–water partition coefficient (Wildman–Crippen LogP) is 4.37. The van der Waals surface area contributed by atoms with E-state index in [1.165, 1.54) is 22.7 Å². The number of rotatable bonds is 5. The maximum atomic E-state index is 12.8. The Bertz CT molecular complexity index is 655. The molecule has 2 rings (SSSR count). The van der Waals surface area contributed by atoms with E-state index in [0.717, 1.165) is 11.5 Å². The fourth-order valence-electron chi connectivity index (χ4n) is 2.45. The minimum Gasteiger partial charge on any atom is -0.297 e. The highest BCUT2D eigenvalue weighted by atomic mass is 35.7. The van der Waals surface area contributed by atoms with Crippen molar-refractivity contribution in [3.63, 3.8) is 0 Å². The highest BCUT2D eigenvalue weighted by Gasteiger charge is 2.42. The summed E-state index contributed by atoms with van der Waals surface area (Å²) >= 11 is 0. The van der Waals surface area contributed by atoms with Gasteiger partial charge in [-0.1, -0.05) is 24.5 Å². The Morgan fingerprint density at radius 2 is 2.09 bits per heavy atom. The predicted molar refractivity (Wildman–Crippen MR) is 85.1 cm³/mol. The van der Waals surface area contributed by atoms with E-state index in [1.807, 2.05) is 0 Å². The minimum absolute atomic E-state index is 0.134. The van der Waals surface area contributed by atoms with E-state index in [9.17, 15) is 18.0 Å². The number of hydrogen-bond acceptors (Lipinski definition) is 3. The van der Waals surface area contributed by atoms with E-state index in [1.54, 1.807) is 20.8 Å². The number of carbonyl (C=O) groups excluding carboxylic acids is 1. The second-order valence-corrected chi connectivity index (χ2v) is 10.1. The molecule has 128 valence electrons. The molecule has 9 heteroatoms. The average Bonchev–Trinajstić information content (AvgIpc) is 3.05. The van der Waals surface area contributed by atoms with E-state index < -0.39 is 32.4 Å². The lowest BCUT2D eigenvalue weighted by Crippen LogP contribution is -2.35. The average molecular weight is 368 g/mol. The number of Topliss-reactive ketones (excluding diaryl/α,β-unsaturated/α-hetero) is 1. The Morgan fingerprint density at radius 1 is 1.43 bits per heavy atom. The second-order valence-electron chi connectivity index (χ2n) is 6.07. The van der Waals surface area contributed by atoms with Gasteiger partial charge < -0.3 is 0 Å². The van der Waals surface area contributed by atoms with Gasteiger partial charge in [0.1, 0.15) is 18.7 Å². The molecule has 2 heterocycles. The highest BCUT2D eigenvalue weighted by molar-refractivity contribution is 8.55. The van der Waals surface area contributed by atoms with Crippen LogP contribution in [0.15, 0.2) is 35.1 Å². The SMILES string of the molecule is CC(C(=O)C(C)(C)CS1(Cl)C=CC(C(F)(F)F)=C1)n1cncn1. The summed E-state index contributed by atoms with van der Waals surface area (Å²) < 4.78 is 39.7. The third kappa shape index (κ3) is 3.98. The summed E-state index contributed by atoms with van der Waals surface area (Å²) in [4.78, 5) is 16.5. The van der Waals surface area contributed by atoms with E-state index in [-0.39, 0.29) is 11.5 Å². The Morgan fingerprint density at radius 3 is 2.57 bits per heavy atom. The molecular weight excluding hydrogens is 351 g/mol. The number of hydrogen-bond donors (Lipinski definition) is 0. The lowest BCUT2D eigenvalue weighted by molar-refractivity contribution is -0.129. The van der Waals surface area contributed by atoms with Crippen LogP contribution >= 0.6 is 19.9 Å². The first-order valence-corrected chi connectivity index (χ1v) is 9.56. The molecular formula is C14H17ClF3N3OS. The van der Waals surface area contributed by atoms with Crippen LogP contribution in [-0.2, 0) is 4.79 Å². The lowest BCUT2D eigenvalue weighted by Gasteiger charge is -2.34. The van der Waals surface area contributed by atoms with Gasteiger partial charge in [-0.15, -0.1) is 9.24 Å². The Kier molecular flexibility index (Phi) is 4.69. The van der Waals surface area contributed by atoms with Crippen LogP contribution in [0.25, 0.3) is 0 Å². The lowest BCUT2D eigenvalue weighted by atomic mass is 9.87. The van der Waals surface area contributed by atoms with E-state index in [0.29, 0.717) is 0 Å². The number of nitrogens with zero attached hydrogens (tertiary/aromatic N) is 3. The third-order valence-electron chi connectivity index (χ3n) is 3.59. The van der Waals surface area contributed by atoms with Gasteiger partial charge >= 0.3 is 6.18 Å². The van der Waals surface area contributed by atoms with Crippen LogP contribution in [0.2, 0.25) is 0 Å². The second kappa shape index (κ2) is 5.98. The van der Waals surface area contributed by atoms with Gasteiger partial charge in [0.05, 0.1) is 5.57 Å². The van der Waals surface area contributed by atoms with Crippen LogP contribution in [0, 0.1) is 5.41 Å². The summed E-state index contributed by atoms with van der Waals surface area (Å²) in [6, 6.07) is -0.566. The van der Waals surface area contributed by atoms with Gasteiger partial charge in [0.15, 0.2) is 5.78 Å². The van der Waals surface area contributed by atoms with Gasteiger partial charge in [0.25, 0.3) is 0 Å². The molecule has 0 aromatic carbocycles. The molecule has 0 bridgehead atoms. The highest BCUT2D eigenvalue weighted by Crippen LogP contribution is 2.64. The van der Waals surface area contributed by atoms with Crippen LogP contribution in [-0.4, -0.2) is 32.5 Å². The molecule has 23 heavy (non-hydrogen) atoms. The Hall–Kier alpha value is -1.28. The maximum Gasteiger partial charge on any atom is 0.416 e. The first kappa shape index (κ1) is 18.1. The van der Waals surface area contributed by atoms with E-state index in [4.69, 9.17) is 10.7 Å². The topological polar surface area (TPSA) is 47.8 Å². The molecule has 0 radical (unpaired) electrons. The summed E-state index contributed by atoms with van der Waals surface area (Å²) in [7, 11) is 4.07. The zero-order valence-corrected chi connectivity index (χ0v) is 14.4. The van der Waals surface area contributed by atoms with Crippen LogP contribution < -0.4 is 0 Å². The monoisotopic (exact) mass is 367 g/mol. The Labute approximate surface area is 138 Å². The molecule has 0 spiro atoms. The fourth-order valence-corrected chi connectivity index (χ4v) is 6.23. The van der Waals surface area contributed by atoms with Crippen molar-refractivity contribution >= 4 is 25.7 Å². The van der Waals surface area contributed by atoms with E-state index >= 15 is 0 Å². The molecule has 1 aliphatic heterocycles. The van der Waals surface area contributed by atoms with Crippen molar-refractivity contribution in [2.45, 2.75) is 33.0 Å². The van der Waals surface area contributed by atoms with Gasteiger partial charge in [0, 0.05) is 11.2 Å². The number of halogens is 4. The zero-order valence-electron chi connectivity index (χ0n) is 12.8. The summed E-state index contributed by atoms with van der Waals surface area (Å²) in [6.07, 6.45) is -0.686. The van der Waals surface area contributed by atoms with Crippen LogP contribution in [0.1, 0.15) is 26.8 Å². The smallest absolute Gasteiger partial charge is 0.297 e. The number of allylic oxidation sites excluding steroid dienone is 2. The quantitative estimate of drug-likeness (QED) is 0.776. The normalized spacial score (nSPS) is 25.8. The molecule has 0 N–H and O–H groups in total. The minimum atomic E-state index is -4.43. The van der Waals surface area contributed by atoms with Crippen LogP contribution in [0.4, 0.5) is 13.2 Å². The first-order valence-electron chi connectivity index (χ1n) is 6.81. The molecule has 0 fully saturated rings. The standard InChI is InChI=1S/C14H17ClF3N3OS/c1-10(21-9-19-8-20-21)12(22)13(2,3)7-23(15)5-4-11(6-23)14(16,17)18/h4-6,8-10H,7H2,1-3H3. The van der Waals surface area contributed by atoms with Gasteiger partial charge in [0.2, 0.25) is 0 Å². The summed E-state index contributed by atoms with van der Waals surface area (Å²) in [5, 5.41) is 6.34. The van der Waals surface area contributed by atoms with Crippen molar-refractivity contribution in [1.29, 1.82) is 0 Å². The fraction of sp³-hybridized carbons (Fsp3) is 0.500. The van der Waals surface area contributed by atoms with Crippen molar-refractivity contribution in [2.24, 2.45) is 5.41 Å². The Balaban J connectivity index is 2.17. The zero-order chi connectivity index (χ0) is 17.5. The molecule has 0 saturated heterocycles. The molecule has 2 atom stereocenters. The van der Waals surface area contributed by atoms with Crippen molar-refractivity contribution in [3.8, 4) is 0 Å². The molecule has 0 aliphatic carbocycles. The van der Waals surface area contributed by atoms with Crippen molar-refractivity contribution in [2.75, 3.05) is 5.75 Å². The molecule has 0 saturated carbocycles. The van der Waals surface area contributed by atoms with Crippen LogP contribution in [0.3, 0.4) is 0 Å². The molecule has 2 unspecified atom stereocenters. The van der Waals surface area contributed by atoms with E-state index in [2.05, 4.69) is 10.1 Å². The number of carbonyl (C=O) groups is 1. The van der Waals surface area contributed by atoms with Crippen molar-refractivity contribution in [1.82, 2.24) is 14.8 Å². The van der Waals surface area contributed by atoms with Crippen molar-refractivity contribution in [3.05, 3.63) is 35.1 Å². The van der Waals surface area contributed by atoms with Crippen LogP contribution in [0.5, 0.6) is 0 Å². The third-order valence-corrected chi connectivity index (χ3v) is 6.89. The first-order chi connectivity index (χ1) is 10.4. The van der Waals surface area contributed by atoms with Crippen molar-refractivity contribution < 1.29 is 18.0 Å². The largest absolute Gasteiger partial charge is 0.416 e. The van der Waals surface area contributed by atoms with Gasteiger partial charge in [-0.25, -0.2) is 9.67 Å². The summed E-state index contributed by atoms with van der Waals surface area (Å²) in [5.74, 6) is -0.0204. The van der Waals surface area contributed by atoms with Gasteiger partial charge in [-0.05, 0) is 23.8 Å². The summed E-state index contributed by atoms with van der Waals surface area (Å²) in [5.41, 5.74) is -1.65. The number of aromatic nitrogens is 3. The molecule has 1 aliphatic rings. The van der Waals surface area contributed by atoms with Gasteiger partial charge in [-0.2, -0.15) is 18.3 Å². The number of ketones is 1. The van der Waals surface area contributed by atoms with Gasteiger partial charge in [-0.3, -0.25) is 4.79 Å². The maximum absolute atomic E-state index is 12.8. The number of alkyl halides is 3. The molecule has 0 amide bonds. The molecule has 4 nitrogen and oxygen atoms in total. The summed E-state index contributed by atoms with van der Waals surface area (Å²) in [6.45, 7) is 5.05. The molecule has 1 aromatic rings.